The summed E-state index contributed by atoms with van der Waals surface area (Å²) in [5.74, 6) is -0.934. The van der Waals surface area contributed by atoms with Crippen LogP contribution in [0, 0.1) is 0 Å². The fourth-order valence-corrected chi connectivity index (χ4v) is 3.20. The van der Waals surface area contributed by atoms with E-state index in [0.29, 0.717) is 11.1 Å². The molecule has 6 heteroatoms. The molecule has 0 aliphatic carbocycles. The van der Waals surface area contributed by atoms with E-state index < -0.39 is 0 Å². The van der Waals surface area contributed by atoms with Gasteiger partial charge in [0, 0.05) is 23.1 Å². The smallest absolute Gasteiger partial charge is 0.261 e. The van der Waals surface area contributed by atoms with Gasteiger partial charge in [-0.1, -0.05) is 41.1 Å². The maximum atomic E-state index is 12.4. The van der Waals surface area contributed by atoms with Crippen LogP contribution in [-0.4, -0.2) is 29.2 Å². The number of benzene rings is 2. The average molecular weight is 401 g/mol. The van der Waals surface area contributed by atoms with Gasteiger partial charge < -0.3 is 5.32 Å². The normalized spacial score (nSPS) is 13.1. The van der Waals surface area contributed by atoms with E-state index in [1.54, 1.807) is 18.2 Å². The zero-order valence-electron chi connectivity index (χ0n) is 13.7. The monoisotopic (exact) mass is 400 g/mol. The standard InChI is InChI=1S/C19H17BrN2O3/c1-2-12-5-3-4-6-16(12)21-17(23)9-10-22-18(24)14-8-7-13(20)11-15(14)19(22)25/h3-8,11H,2,9-10H2,1H3,(H,21,23). The Balaban J connectivity index is 1.65. The molecule has 5 nitrogen and oxygen atoms in total. The van der Waals surface area contributed by atoms with Crippen LogP contribution in [0.15, 0.2) is 46.9 Å². The molecule has 0 atom stereocenters. The topological polar surface area (TPSA) is 66.5 Å². The number of aryl methyl sites for hydroxylation is 1. The predicted molar refractivity (Wildman–Crippen MR) is 98.6 cm³/mol. The summed E-state index contributed by atoms with van der Waals surface area (Å²) < 4.78 is 0.739. The summed E-state index contributed by atoms with van der Waals surface area (Å²) in [7, 11) is 0. The lowest BCUT2D eigenvalue weighted by Crippen LogP contribution is -2.33. The Morgan fingerprint density at radius 1 is 1.08 bits per heavy atom. The Kier molecular flexibility index (Phi) is 4.99. The largest absolute Gasteiger partial charge is 0.326 e. The van der Waals surface area contributed by atoms with Gasteiger partial charge in [0.25, 0.3) is 11.8 Å². The van der Waals surface area contributed by atoms with Crippen LogP contribution in [0.1, 0.15) is 39.6 Å². The molecule has 1 heterocycles. The molecule has 25 heavy (non-hydrogen) atoms. The highest BCUT2D eigenvalue weighted by molar-refractivity contribution is 9.10. The lowest BCUT2D eigenvalue weighted by atomic mass is 10.1. The number of carbonyl (C=O) groups is 3. The first kappa shape index (κ1) is 17.4. The van der Waals surface area contributed by atoms with E-state index in [0.717, 1.165) is 27.0 Å². The lowest BCUT2D eigenvalue weighted by molar-refractivity contribution is -0.116. The second kappa shape index (κ2) is 7.19. The van der Waals surface area contributed by atoms with Crippen molar-refractivity contribution in [3.8, 4) is 0 Å². The molecule has 128 valence electrons. The fourth-order valence-electron chi connectivity index (χ4n) is 2.84. The molecule has 0 spiro atoms. The van der Waals surface area contributed by atoms with Crippen molar-refractivity contribution in [1.29, 1.82) is 0 Å². The first-order chi connectivity index (χ1) is 12.0. The highest BCUT2D eigenvalue weighted by Gasteiger charge is 2.35. The van der Waals surface area contributed by atoms with E-state index in [-0.39, 0.29) is 30.7 Å². The van der Waals surface area contributed by atoms with Gasteiger partial charge >= 0.3 is 0 Å². The van der Waals surface area contributed by atoms with Crippen molar-refractivity contribution in [2.45, 2.75) is 19.8 Å². The van der Waals surface area contributed by atoms with Crippen molar-refractivity contribution < 1.29 is 14.4 Å². The number of carbonyl (C=O) groups excluding carboxylic acids is 3. The minimum atomic E-state index is -0.358. The van der Waals surface area contributed by atoms with Crippen molar-refractivity contribution in [2.75, 3.05) is 11.9 Å². The van der Waals surface area contributed by atoms with Gasteiger partial charge in [-0.3, -0.25) is 19.3 Å². The summed E-state index contributed by atoms with van der Waals surface area (Å²) in [6.07, 6.45) is 0.869. The molecular formula is C19H17BrN2O3. The second-order valence-corrected chi connectivity index (χ2v) is 6.68. The van der Waals surface area contributed by atoms with Gasteiger partial charge in [-0.05, 0) is 36.2 Å². The number of nitrogens with one attached hydrogen (secondary N) is 1. The van der Waals surface area contributed by atoms with Crippen LogP contribution in [0.25, 0.3) is 0 Å². The van der Waals surface area contributed by atoms with Gasteiger partial charge in [0.2, 0.25) is 5.91 Å². The summed E-state index contributed by atoms with van der Waals surface area (Å²) in [5, 5.41) is 2.85. The first-order valence-corrected chi connectivity index (χ1v) is 8.84. The fraction of sp³-hybridized carbons (Fsp3) is 0.211. The van der Waals surface area contributed by atoms with Crippen LogP contribution in [0.5, 0.6) is 0 Å². The number of halogens is 1. The lowest BCUT2D eigenvalue weighted by Gasteiger charge is -2.14. The molecule has 2 aromatic carbocycles. The summed E-state index contributed by atoms with van der Waals surface area (Å²) in [4.78, 5) is 38.1. The van der Waals surface area contributed by atoms with E-state index in [4.69, 9.17) is 0 Å². The number of imide groups is 1. The van der Waals surface area contributed by atoms with Crippen LogP contribution < -0.4 is 5.32 Å². The highest BCUT2D eigenvalue weighted by Crippen LogP contribution is 2.26. The highest BCUT2D eigenvalue weighted by atomic mass is 79.9. The van der Waals surface area contributed by atoms with Gasteiger partial charge in [-0.15, -0.1) is 0 Å². The molecule has 2 aromatic rings. The van der Waals surface area contributed by atoms with Crippen molar-refractivity contribution >= 4 is 39.3 Å². The summed E-state index contributed by atoms with van der Waals surface area (Å²) in [5.41, 5.74) is 2.56. The van der Waals surface area contributed by atoms with Crippen LogP contribution >= 0.6 is 15.9 Å². The van der Waals surface area contributed by atoms with E-state index in [1.165, 1.54) is 0 Å². The molecule has 3 rings (SSSR count). The quantitative estimate of drug-likeness (QED) is 0.779. The first-order valence-electron chi connectivity index (χ1n) is 8.04. The Morgan fingerprint density at radius 3 is 2.56 bits per heavy atom. The van der Waals surface area contributed by atoms with Crippen LogP contribution in [0.4, 0.5) is 5.69 Å². The molecule has 0 unspecified atom stereocenters. The van der Waals surface area contributed by atoms with Gasteiger partial charge in [0.1, 0.15) is 0 Å². The number of para-hydroxylation sites is 1. The molecule has 1 aliphatic rings. The molecule has 0 saturated heterocycles. The van der Waals surface area contributed by atoms with Crippen molar-refractivity contribution in [1.82, 2.24) is 4.90 Å². The second-order valence-electron chi connectivity index (χ2n) is 5.76. The Bertz CT molecular complexity index is 863. The third kappa shape index (κ3) is 3.49. The third-order valence-corrected chi connectivity index (χ3v) is 4.66. The number of hydrogen-bond acceptors (Lipinski definition) is 3. The number of amides is 3. The maximum absolute atomic E-state index is 12.4. The molecule has 0 saturated carbocycles. The minimum absolute atomic E-state index is 0.0596. The predicted octanol–water partition coefficient (Wildman–Crippen LogP) is 3.64. The summed E-state index contributed by atoms with van der Waals surface area (Å²) in [6, 6.07) is 12.6. The molecule has 3 amide bonds. The van der Waals surface area contributed by atoms with Gasteiger partial charge in [-0.25, -0.2) is 0 Å². The minimum Gasteiger partial charge on any atom is -0.326 e. The number of fused-ring (bicyclic) bond motifs is 1. The average Bonchev–Trinajstić information content (AvgIpc) is 2.84. The third-order valence-electron chi connectivity index (χ3n) is 4.17. The van der Waals surface area contributed by atoms with E-state index in [9.17, 15) is 14.4 Å². The number of rotatable bonds is 5. The SMILES string of the molecule is CCc1ccccc1NC(=O)CCN1C(=O)c2ccc(Br)cc2C1=O. The molecular weight excluding hydrogens is 384 g/mol. The number of nitrogens with zero attached hydrogens (tertiary/aromatic N) is 1. The Hall–Kier alpha value is -2.47. The molecule has 0 radical (unpaired) electrons. The molecule has 1 N–H and O–H groups in total. The van der Waals surface area contributed by atoms with Gasteiger partial charge in [0.15, 0.2) is 0 Å². The molecule has 1 aliphatic heterocycles. The summed E-state index contributed by atoms with van der Waals surface area (Å²) >= 11 is 3.30. The van der Waals surface area contributed by atoms with Gasteiger partial charge in [0.05, 0.1) is 11.1 Å². The number of anilines is 1. The molecule has 0 aromatic heterocycles. The summed E-state index contributed by atoms with van der Waals surface area (Å²) in [6.45, 7) is 2.08. The van der Waals surface area contributed by atoms with E-state index in [2.05, 4.69) is 21.2 Å². The zero-order valence-corrected chi connectivity index (χ0v) is 15.3. The van der Waals surface area contributed by atoms with Gasteiger partial charge in [-0.2, -0.15) is 0 Å². The zero-order chi connectivity index (χ0) is 18.0. The van der Waals surface area contributed by atoms with Crippen LogP contribution in [0.2, 0.25) is 0 Å². The maximum Gasteiger partial charge on any atom is 0.261 e. The van der Waals surface area contributed by atoms with E-state index >= 15 is 0 Å². The molecule has 0 fully saturated rings. The Labute approximate surface area is 154 Å². The molecule has 0 bridgehead atoms. The Morgan fingerprint density at radius 2 is 1.80 bits per heavy atom. The van der Waals surface area contributed by atoms with Crippen LogP contribution in [-0.2, 0) is 11.2 Å². The van der Waals surface area contributed by atoms with Crippen molar-refractivity contribution in [2.24, 2.45) is 0 Å². The van der Waals surface area contributed by atoms with Crippen molar-refractivity contribution in [3.63, 3.8) is 0 Å². The van der Waals surface area contributed by atoms with E-state index in [1.807, 2.05) is 31.2 Å². The van der Waals surface area contributed by atoms with Crippen molar-refractivity contribution in [3.05, 3.63) is 63.6 Å². The van der Waals surface area contributed by atoms with Crippen LogP contribution in [0.3, 0.4) is 0 Å². The number of hydrogen-bond donors (Lipinski definition) is 1.